The predicted octanol–water partition coefficient (Wildman–Crippen LogP) is 3.38. The maximum absolute atomic E-state index is 12.3. The molecule has 3 aromatic heterocycles. The highest BCUT2D eigenvalue weighted by Gasteiger charge is 2.12. The van der Waals surface area contributed by atoms with Crippen molar-refractivity contribution in [1.29, 1.82) is 0 Å². The van der Waals surface area contributed by atoms with Gasteiger partial charge in [-0.05, 0) is 42.0 Å². The maximum Gasteiger partial charge on any atom is 0.287 e. The molecule has 1 aromatic carbocycles. The number of hydrogen-bond donors (Lipinski definition) is 1. The van der Waals surface area contributed by atoms with Crippen molar-refractivity contribution in [1.82, 2.24) is 10.3 Å². The molecule has 0 saturated carbocycles. The zero-order chi connectivity index (χ0) is 17.9. The van der Waals surface area contributed by atoms with E-state index >= 15 is 0 Å². The Morgan fingerprint density at radius 1 is 1.08 bits per heavy atom. The fraction of sp³-hybridized carbons (Fsp3) is 0.0500. The Labute approximate surface area is 148 Å². The second-order valence-corrected chi connectivity index (χ2v) is 5.68. The van der Waals surface area contributed by atoms with E-state index < -0.39 is 5.91 Å². The fourth-order valence-electron chi connectivity index (χ4n) is 2.63. The van der Waals surface area contributed by atoms with Gasteiger partial charge in [0, 0.05) is 18.8 Å². The highest BCUT2D eigenvalue weighted by atomic mass is 16.3. The van der Waals surface area contributed by atoms with Gasteiger partial charge in [-0.1, -0.05) is 12.1 Å². The largest absolute Gasteiger partial charge is 0.463 e. The van der Waals surface area contributed by atoms with Gasteiger partial charge in [-0.15, -0.1) is 0 Å². The van der Waals surface area contributed by atoms with Crippen molar-refractivity contribution >= 4 is 16.9 Å². The molecule has 4 rings (SSSR count). The lowest BCUT2D eigenvalue weighted by Crippen LogP contribution is -2.24. The molecule has 0 aliphatic carbocycles. The number of amides is 1. The van der Waals surface area contributed by atoms with Gasteiger partial charge in [0.25, 0.3) is 5.91 Å². The smallest absolute Gasteiger partial charge is 0.287 e. The number of para-hydroxylation sites is 1. The number of hydrogen-bond acceptors (Lipinski definition) is 5. The van der Waals surface area contributed by atoms with E-state index in [0.717, 1.165) is 5.56 Å². The molecule has 0 aliphatic heterocycles. The third-order valence-corrected chi connectivity index (χ3v) is 3.91. The van der Waals surface area contributed by atoms with Gasteiger partial charge in [-0.2, -0.15) is 0 Å². The molecule has 4 aromatic rings. The van der Waals surface area contributed by atoms with Crippen LogP contribution in [0.5, 0.6) is 0 Å². The van der Waals surface area contributed by atoms with Crippen molar-refractivity contribution in [3.8, 4) is 11.5 Å². The first kappa shape index (κ1) is 15.8. The molecule has 0 radical (unpaired) electrons. The van der Waals surface area contributed by atoms with Crippen LogP contribution in [0.3, 0.4) is 0 Å². The number of nitrogens with zero attached hydrogens (tertiary/aromatic N) is 1. The first-order valence-corrected chi connectivity index (χ1v) is 8.00. The standard InChI is InChI=1S/C20H14N2O4/c23-16-11-19(26-17-5-2-1-4-14(16)17)20(24)22-12-13-7-8-21-15(10-13)18-6-3-9-25-18/h1-11H,12H2,(H,22,24). The van der Waals surface area contributed by atoms with Crippen molar-refractivity contribution in [3.63, 3.8) is 0 Å². The van der Waals surface area contributed by atoms with Crippen molar-refractivity contribution in [2.24, 2.45) is 0 Å². The third-order valence-electron chi connectivity index (χ3n) is 3.91. The highest BCUT2D eigenvalue weighted by molar-refractivity contribution is 5.93. The van der Waals surface area contributed by atoms with Gasteiger partial charge in [-0.25, -0.2) is 0 Å². The predicted molar refractivity (Wildman–Crippen MR) is 95.6 cm³/mol. The lowest BCUT2D eigenvalue weighted by molar-refractivity contribution is 0.0923. The first-order chi connectivity index (χ1) is 12.7. The van der Waals surface area contributed by atoms with Crippen LogP contribution < -0.4 is 10.7 Å². The van der Waals surface area contributed by atoms with Gasteiger partial charge < -0.3 is 14.2 Å². The molecule has 0 spiro atoms. The Kier molecular flexibility index (Phi) is 4.07. The number of aromatic nitrogens is 1. The van der Waals surface area contributed by atoms with E-state index in [2.05, 4.69) is 10.3 Å². The molecular formula is C20H14N2O4. The number of furan rings is 1. The molecule has 0 saturated heterocycles. The number of carbonyl (C=O) groups is 1. The first-order valence-electron chi connectivity index (χ1n) is 8.00. The fourth-order valence-corrected chi connectivity index (χ4v) is 2.63. The Morgan fingerprint density at radius 2 is 1.96 bits per heavy atom. The minimum Gasteiger partial charge on any atom is -0.463 e. The second-order valence-electron chi connectivity index (χ2n) is 5.68. The van der Waals surface area contributed by atoms with Crippen LogP contribution in [0, 0.1) is 0 Å². The number of pyridine rings is 1. The minimum atomic E-state index is -0.454. The summed E-state index contributed by atoms with van der Waals surface area (Å²) in [6.07, 6.45) is 3.22. The summed E-state index contributed by atoms with van der Waals surface area (Å²) in [7, 11) is 0. The van der Waals surface area contributed by atoms with Crippen LogP contribution in [-0.2, 0) is 6.54 Å². The average molecular weight is 346 g/mol. The minimum absolute atomic E-state index is 0.0194. The van der Waals surface area contributed by atoms with E-state index in [0.29, 0.717) is 22.4 Å². The molecule has 0 atom stereocenters. The lowest BCUT2D eigenvalue weighted by atomic mass is 10.2. The third kappa shape index (κ3) is 3.12. The summed E-state index contributed by atoms with van der Waals surface area (Å²) >= 11 is 0. The molecule has 6 heteroatoms. The number of rotatable bonds is 4. The van der Waals surface area contributed by atoms with Gasteiger partial charge in [0.05, 0.1) is 11.6 Å². The van der Waals surface area contributed by atoms with Gasteiger partial charge >= 0.3 is 0 Å². The second kappa shape index (κ2) is 6.68. The van der Waals surface area contributed by atoms with Crippen LogP contribution in [0.15, 0.2) is 80.7 Å². The summed E-state index contributed by atoms with van der Waals surface area (Å²) in [4.78, 5) is 28.7. The zero-order valence-corrected chi connectivity index (χ0v) is 13.6. The summed E-state index contributed by atoms with van der Waals surface area (Å²) in [5.41, 5.74) is 1.66. The Bertz CT molecular complexity index is 1130. The molecule has 0 bridgehead atoms. The van der Waals surface area contributed by atoms with Crippen molar-refractivity contribution in [3.05, 3.63) is 88.6 Å². The van der Waals surface area contributed by atoms with E-state index in [1.54, 1.807) is 48.9 Å². The lowest BCUT2D eigenvalue weighted by Gasteiger charge is -2.06. The molecule has 1 amide bonds. The Hall–Kier alpha value is -3.67. The number of benzene rings is 1. The molecule has 0 unspecified atom stereocenters. The summed E-state index contributed by atoms with van der Waals surface area (Å²) < 4.78 is 10.9. The van der Waals surface area contributed by atoms with E-state index in [4.69, 9.17) is 8.83 Å². The summed E-state index contributed by atoms with van der Waals surface area (Å²) in [6.45, 7) is 0.269. The monoisotopic (exact) mass is 346 g/mol. The van der Waals surface area contributed by atoms with Crippen molar-refractivity contribution < 1.29 is 13.6 Å². The Morgan fingerprint density at radius 3 is 2.81 bits per heavy atom. The summed E-state index contributed by atoms with van der Waals surface area (Å²) in [6, 6.07) is 15.3. The van der Waals surface area contributed by atoms with E-state index in [9.17, 15) is 9.59 Å². The Balaban J connectivity index is 1.53. The zero-order valence-electron chi connectivity index (χ0n) is 13.6. The van der Waals surface area contributed by atoms with Crippen molar-refractivity contribution in [2.75, 3.05) is 0 Å². The molecule has 1 N–H and O–H groups in total. The van der Waals surface area contributed by atoms with Crippen LogP contribution in [0.2, 0.25) is 0 Å². The number of fused-ring (bicyclic) bond motifs is 1. The van der Waals surface area contributed by atoms with Gasteiger partial charge in [-0.3, -0.25) is 14.6 Å². The molecule has 6 nitrogen and oxygen atoms in total. The van der Waals surface area contributed by atoms with E-state index in [-0.39, 0.29) is 17.7 Å². The summed E-state index contributed by atoms with van der Waals surface area (Å²) in [5, 5.41) is 3.20. The normalized spacial score (nSPS) is 10.8. The molecule has 0 fully saturated rings. The molecule has 3 heterocycles. The quantitative estimate of drug-likeness (QED) is 0.612. The number of nitrogens with one attached hydrogen (secondary N) is 1. The summed E-state index contributed by atoms with van der Waals surface area (Å²) in [5.74, 6) is 0.178. The van der Waals surface area contributed by atoms with Crippen LogP contribution in [0.1, 0.15) is 16.1 Å². The van der Waals surface area contributed by atoms with Crippen LogP contribution in [-0.4, -0.2) is 10.9 Å². The van der Waals surface area contributed by atoms with Crippen LogP contribution in [0.4, 0.5) is 0 Å². The van der Waals surface area contributed by atoms with Crippen LogP contribution >= 0.6 is 0 Å². The van der Waals surface area contributed by atoms with E-state index in [1.165, 1.54) is 6.07 Å². The van der Waals surface area contributed by atoms with Gasteiger partial charge in [0.2, 0.25) is 0 Å². The van der Waals surface area contributed by atoms with Crippen molar-refractivity contribution in [2.45, 2.75) is 6.54 Å². The SMILES string of the molecule is O=C(NCc1ccnc(-c2ccco2)c1)c1cc(=O)c2ccccc2o1. The maximum atomic E-state index is 12.3. The molecule has 26 heavy (non-hydrogen) atoms. The molecule has 128 valence electrons. The average Bonchev–Trinajstić information content (AvgIpc) is 3.21. The van der Waals surface area contributed by atoms with E-state index in [1.807, 2.05) is 12.1 Å². The van der Waals surface area contributed by atoms with Gasteiger partial charge in [0.15, 0.2) is 16.9 Å². The molecular weight excluding hydrogens is 332 g/mol. The topological polar surface area (TPSA) is 85.3 Å². The highest BCUT2D eigenvalue weighted by Crippen LogP contribution is 2.18. The van der Waals surface area contributed by atoms with Crippen LogP contribution in [0.25, 0.3) is 22.4 Å². The number of carbonyl (C=O) groups excluding carboxylic acids is 1. The van der Waals surface area contributed by atoms with Gasteiger partial charge in [0.1, 0.15) is 11.3 Å². The molecule has 0 aliphatic rings.